The van der Waals surface area contributed by atoms with Crippen molar-refractivity contribution in [3.8, 4) is 0 Å². The lowest BCUT2D eigenvalue weighted by Gasteiger charge is -2.29. The summed E-state index contributed by atoms with van der Waals surface area (Å²) in [5.74, 6) is -2.21. The van der Waals surface area contributed by atoms with Gasteiger partial charge in [-0.2, -0.15) is 0 Å². The molecule has 4 amide bonds. The van der Waals surface area contributed by atoms with Gasteiger partial charge in [-0.15, -0.1) is 0 Å². The maximum Gasteiger partial charge on any atom is 0.255 e. The number of hydrogen-bond donors (Lipinski definition) is 3. The van der Waals surface area contributed by atoms with Gasteiger partial charge in [-0.25, -0.2) is 4.39 Å². The number of aromatic amines is 1. The molecule has 3 aromatic rings. The maximum absolute atomic E-state index is 15.2. The Labute approximate surface area is 202 Å². The van der Waals surface area contributed by atoms with Crippen molar-refractivity contribution in [2.45, 2.75) is 38.4 Å². The summed E-state index contributed by atoms with van der Waals surface area (Å²) in [4.78, 5) is 53.4. The smallest absolute Gasteiger partial charge is 0.255 e. The molecule has 1 fully saturated rings. The minimum Gasteiger partial charge on any atom is -0.361 e. The molecule has 3 heterocycles. The molecule has 2 aliphatic rings. The zero-order chi connectivity index (χ0) is 24.0. The second kappa shape index (κ2) is 8.68. The molecule has 5 rings (SSSR count). The van der Waals surface area contributed by atoms with Gasteiger partial charge in [0.05, 0.1) is 13.0 Å². The van der Waals surface area contributed by atoms with E-state index in [1.54, 1.807) is 6.20 Å². The fourth-order valence-corrected chi connectivity index (χ4v) is 5.19. The van der Waals surface area contributed by atoms with E-state index >= 15 is 4.39 Å². The number of benzene rings is 2. The highest BCUT2D eigenvalue weighted by Crippen LogP contribution is 2.31. The third-order valence-corrected chi connectivity index (χ3v) is 6.95. The zero-order valence-electron chi connectivity index (χ0n) is 17.9. The number of rotatable bonds is 5. The van der Waals surface area contributed by atoms with Crippen molar-refractivity contribution in [1.29, 1.82) is 0 Å². The van der Waals surface area contributed by atoms with Crippen molar-refractivity contribution in [1.82, 2.24) is 20.5 Å². The highest BCUT2D eigenvalue weighted by atomic mass is 79.9. The van der Waals surface area contributed by atoms with Gasteiger partial charge in [0.15, 0.2) is 0 Å². The van der Waals surface area contributed by atoms with Crippen molar-refractivity contribution < 1.29 is 23.6 Å². The molecular formula is C24H20BrFN4O4. The van der Waals surface area contributed by atoms with Crippen molar-refractivity contribution in [3.63, 3.8) is 0 Å². The molecule has 0 radical (unpaired) electrons. The van der Waals surface area contributed by atoms with Crippen LogP contribution in [0.4, 0.5) is 4.39 Å². The highest BCUT2D eigenvalue weighted by Gasteiger charge is 2.40. The van der Waals surface area contributed by atoms with Crippen LogP contribution in [0.5, 0.6) is 0 Å². The summed E-state index contributed by atoms with van der Waals surface area (Å²) in [6, 6.07) is 7.90. The van der Waals surface area contributed by atoms with Crippen LogP contribution in [0.3, 0.4) is 0 Å². The summed E-state index contributed by atoms with van der Waals surface area (Å²) in [5, 5.41) is 5.89. The Kier molecular flexibility index (Phi) is 5.68. The normalized spacial score (nSPS) is 17.8. The van der Waals surface area contributed by atoms with Crippen molar-refractivity contribution in [2.24, 2.45) is 0 Å². The Morgan fingerprint density at radius 1 is 1.18 bits per heavy atom. The Hall–Kier alpha value is -3.53. The van der Waals surface area contributed by atoms with Gasteiger partial charge in [0.2, 0.25) is 17.7 Å². The molecule has 1 saturated heterocycles. The molecule has 10 heteroatoms. The first kappa shape index (κ1) is 22.3. The molecular weight excluding hydrogens is 507 g/mol. The Morgan fingerprint density at radius 3 is 2.79 bits per heavy atom. The number of imide groups is 1. The number of aromatic nitrogens is 1. The van der Waals surface area contributed by atoms with Crippen LogP contribution in [0.15, 0.2) is 41.0 Å². The Bertz CT molecular complexity index is 1370. The van der Waals surface area contributed by atoms with E-state index in [-0.39, 0.29) is 60.9 Å². The quantitative estimate of drug-likeness (QED) is 0.443. The first-order valence-corrected chi connectivity index (χ1v) is 11.6. The topological polar surface area (TPSA) is 111 Å². The fourth-order valence-electron chi connectivity index (χ4n) is 4.57. The molecule has 2 aromatic carbocycles. The second-order valence-electron chi connectivity index (χ2n) is 8.39. The molecule has 1 unspecified atom stereocenters. The van der Waals surface area contributed by atoms with Crippen molar-refractivity contribution >= 4 is 50.5 Å². The molecule has 0 aliphatic carbocycles. The lowest BCUT2D eigenvalue weighted by molar-refractivity contribution is -0.137. The number of carbonyl (C=O) groups is 4. The van der Waals surface area contributed by atoms with Gasteiger partial charge in [-0.3, -0.25) is 24.5 Å². The van der Waals surface area contributed by atoms with Gasteiger partial charge < -0.3 is 15.2 Å². The number of nitrogens with one attached hydrogen (secondary N) is 3. The summed E-state index contributed by atoms with van der Waals surface area (Å²) >= 11 is 3.50. The summed E-state index contributed by atoms with van der Waals surface area (Å²) in [6.07, 6.45) is 2.24. The van der Waals surface area contributed by atoms with Crippen molar-refractivity contribution in [2.75, 3.05) is 0 Å². The number of piperidine rings is 1. The number of fused-ring (bicyclic) bond motifs is 2. The molecule has 2 aliphatic heterocycles. The number of halogens is 2. The van der Waals surface area contributed by atoms with Gasteiger partial charge in [0.1, 0.15) is 11.9 Å². The van der Waals surface area contributed by atoms with E-state index < -0.39 is 23.7 Å². The first-order valence-electron chi connectivity index (χ1n) is 10.8. The maximum atomic E-state index is 15.2. The number of nitrogens with zero attached hydrogens (tertiary/aromatic N) is 1. The van der Waals surface area contributed by atoms with Crippen LogP contribution in [0.2, 0.25) is 0 Å². The second-order valence-corrected chi connectivity index (χ2v) is 9.25. The molecule has 0 spiro atoms. The van der Waals surface area contributed by atoms with E-state index in [0.29, 0.717) is 0 Å². The predicted octanol–water partition coefficient (Wildman–Crippen LogP) is 2.69. The van der Waals surface area contributed by atoms with E-state index in [4.69, 9.17) is 0 Å². The van der Waals surface area contributed by atoms with E-state index in [2.05, 4.69) is 31.5 Å². The van der Waals surface area contributed by atoms with E-state index in [9.17, 15) is 19.2 Å². The van der Waals surface area contributed by atoms with E-state index in [1.807, 2.05) is 18.2 Å². The fraction of sp³-hybridized carbons (Fsp3) is 0.250. The van der Waals surface area contributed by atoms with Crippen molar-refractivity contribution in [3.05, 3.63) is 69.1 Å². The molecule has 1 aromatic heterocycles. The molecule has 0 saturated carbocycles. The number of carbonyl (C=O) groups excluding carboxylic acids is 4. The highest BCUT2D eigenvalue weighted by molar-refractivity contribution is 9.10. The molecule has 174 valence electrons. The molecule has 3 N–H and O–H groups in total. The van der Waals surface area contributed by atoms with Crippen LogP contribution in [0.25, 0.3) is 10.9 Å². The van der Waals surface area contributed by atoms with Gasteiger partial charge in [-0.1, -0.05) is 28.1 Å². The minimum absolute atomic E-state index is 0.0337. The number of H-pyrrole nitrogens is 1. The summed E-state index contributed by atoms with van der Waals surface area (Å²) in [7, 11) is 0. The van der Waals surface area contributed by atoms with Crippen LogP contribution in [-0.4, -0.2) is 39.6 Å². The lowest BCUT2D eigenvalue weighted by Crippen LogP contribution is -2.52. The van der Waals surface area contributed by atoms with Crippen LogP contribution < -0.4 is 10.6 Å². The predicted molar refractivity (Wildman–Crippen MR) is 124 cm³/mol. The Balaban J connectivity index is 1.28. The van der Waals surface area contributed by atoms with Gasteiger partial charge in [0.25, 0.3) is 5.91 Å². The average molecular weight is 527 g/mol. The van der Waals surface area contributed by atoms with Crippen LogP contribution in [-0.2, 0) is 33.9 Å². The summed E-state index contributed by atoms with van der Waals surface area (Å²) < 4.78 is 16.1. The third kappa shape index (κ3) is 3.87. The van der Waals surface area contributed by atoms with Crippen LogP contribution in [0.1, 0.15) is 39.9 Å². The van der Waals surface area contributed by atoms with Gasteiger partial charge in [-0.05, 0) is 30.2 Å². The minimum atomic E-state index is -0.810. The largest absolute Gasteiger partial charge is 0.361 e. The van der Waals surface area contributed by atoms with E-state index in [0.717, 1.165) is 20.9 Å². The summed E-state index contributed by atoms with van der Waals surface area (Å²) in [5.41, 5.74) is 2.38. The average Bonchev–Trinajstić information content (AvgIpc) is 3.36. The lowest BCUT2D eigenvalue weighted by atomic mass is 10.0. The first-order chi connectivity index (χ1) is 16.3. The molecule has 8 nitrogen and oxygen atoms in total. The van der Waals surface area contributed by atoms with Crippen LogP contribution >= 0.6 is 15.9 Å². The van der Waals surface area contributed by atoms with Crippen LogP contribution in [0, 0.1) is 5.82 Å². The Morgan fingerprint density at radius 2 is 2.00 bits per heavy atom. The third-order valence-electron chi connectivity index (χ3n) is 6.29. The number of hydrogen-bond acceptors (Lipinski definition) is 4. The molecule has 0 bridgehead atoms. The standard InChI is InChI=1S/C24H20BrFN4O4/c25-16-2-1-3-17-21(16)13(10-27-17)8-20(32)28-9-12-4-5-14-15(22(12)26)11-30(24(14)34)18-6-7-19(31)29-23(18)33/h1-5,10,18,27H,6-9,11H2,(H,28,32)(H,29,31,33). The summed E-state index contributed by atoms with van der Waals surface area (Å²) in [6.45, 7) is -0.0918. The van der Waals surface area contributed by atoms with Gasteiger partial charge >= 0.3 is 0 Å². The molecule has 34 heavy (non-hydrogen) atoms. The SMILES string of the molecule is O=C(Cc1c[nH]c2cccc(Br)c12)NCc1ccc2c(c1F)CN(C1CCC(=O)NC1=O)C2=O. The van der Waals surface area contributed by atoms with Gasteiger partial charge in [0, 0.05) is 51.2 Å². The molecule has 1 atom stereocenters. The zero-order valence-corrected chi connectivity index (χ0v) is 19.5. The van der Waals surface area contributed by atoms with E-state index in [1.165, 1.54) is 17.0 Å². The monoisotopic (exact) mass is 526 g/mol. The number of amides is 4.